The van der Waals surface area contributed by atoms with Gasteiger partial charge in [-0.1, -0.05) is 0 Å². The van der Waals surface area contributed by atoms with Crippen LogP contribution in [0.1, 0.15) is 47.2 Å². The van der Waals surface area contributed by atoms with Crippen LogP contribution in [-0.4, -0.2) is 6.10 Å². The minimum atomic E-state index is -6.44. The Labute approximate surface area is 249 Å². The Hall–Kier alpha value is -2.46. The Morgan fingerprint density at radius 3 is 0.795 bits per heavy atom. The van der Waals surface area contributed by atoms with E-state index in [0.717, 1.165) is 0 Å². The van der Waals surface area contributed by atoms with Crippen LogP contribution in [0.15, 0.2) is 0 Å². The Kier molecular flexibility index (Phi) is 11.4. The molecule has 0 heterocycles. The molecule has 0 radical (unpaired) electrons. The van der Waals surface area contributed by atoms with Crippen molar-refractivity contribution in [1.29, 1.82) is 0 Å². The molecule has 3 aromatic rings. The fourth-order valence-electron chi connectivity index (χ4n) is 3.74. The van der Waals surface area contributed by atoms with Gasteiger partial charge in [-0.15, -0.1) is 0 Å². The second-order valence-corrected chi connectivity index (χ2v) is 14.8. The van der Waals surface area contributed by atoms with E-state index >= 15 is 0 Å². The van der Waals surface area contributed by atoms with Crippen LogP contribution in [0.25, 0.3) is 0 Å². The van der Waals surface area contributed by atoms with Crippen LogP contribution >= 0.6 is 0 Å². The molecule has 0 bridgehead atoms. The molecule has 0 saturated heterocycles. The van der Waals surface area contributed by atoms with Crippen molar-refractivity contribution in [2.75, 3.05) is 0 Å². The molecule has 3 rings (SSSR count). The molecule has 242 valence electrons. The molecule has 0 atom stereocenters. The van der Waals surface area contributed by atoms with Crippen LogP contribution in [0.2, 0.25) is 0 Å². The van der Waals surface area contributed by atoms with Crippen molar-refractivity contribution in [1.82, 2.24) is 0 Å². The summed E-state index contributed by atoms with van der Waals surface area (Å²) in [6, 6.07) is 0. The van der Waals surface area contributed by atoms with Gasteiger partial charge >= 0.3 is 250 Å². The standard InChI is InChI=1S/3C8H5F4O.C3H7O.Zr/c3*1-3-5(9)7(11)4(2-13)8(12)6(3)10;1-3(2)4;/h3*2H2,1H3;3H,1-2H3;/q4*-1;+4. The molecule has 17 heteroatoms. The molecule has 0 unspecified atom stereocenters. The second-order valence-electron chi connectivity index (χ2n) is 9.61. The van der Waals surface area contributed by atoms with Crippen molar-refractivity contribution in [3.05, 3.63) is 103 Å². The normalized spacial score (nSPS) is 12.1. The van der Waals surface area contributed by atoms with E-state index in [1.165, 1.54) is 13.8 Å². The van der Waals surface area contributed by atoms with E-state index in [2.05, 4.69) is 0 Å². The summed E-state index contributed by atoms with van der Waals surface area (Å²) in [5.41, 5.74) is -7.39. The third-order valence-electron chi connectivity index (χ3n) is 6.28. The third-order valence-corrected chi connectivity index (χ3v) is 11.8. The Morgan fingerprint density at radius 2 is 0.614 bits per heavy atom. The Morgan fingerprint density at radius 1 is 0.409 bits per heavy atom. The topological polar surface area (TPSA) is 36.9 Å². The van der Waals surface area contributed by atoms with Crippen LogP contribution in [0, 0.1) is 90.6 Å². The van der Waals surface area contributed by atoms with Crippen LogP contribution in [0.3, 0.4) is 0 Å². The zero-order chi connectivity index (χ0) is 33.4. The predicted octanol–water partition coefficient (Wildman–Crippen LogP) is 8.47. The van der Waals surface area contributed by atoms with E-state index in [4.69, 9.17) is 11.3 Å². The molecule has 0 saturated carbocycles. The van der Waals surface area contributed by atoms with Gasteiger partial charge in [-0.3, -0.25) is 0 Å². The maximum atomic E-state index is 14.6. The second kappa shape index (κ2) is 13.9. The van der Waals surface area contributed by atoms with Gasteiger partial charge in [0.25, 0.3) is 0 Å². The summed E-state index contributed by atoms with van der Waals surface area (Å²) in [4.78, 5) is 0. The number of hydrogen-bond acceptors (Lipinski definition) is 4. The molecule has 0 fully saturated rings. The zero-order valence-electron chi connectivity index (χ0n) is 23.4. The first-order valence-corrected chi connectivity index (χ1v) is 16.4. The fraction of sp³-hybridized carbons (Fsp3) is 0.333. The maximum absolute atomic E-state index is 14.6. The zero-order valence-corrected chi connectivity index (χ0v) is 25.8. The molecular formula is C27H22F12O4Zr. The molecule has 0 amide bonds. The Balaban J connectivity index is 2.14. The third kappa shape index (κ3) is 6.86. The van der Waals surface area contributed by atoms with Gasteiger partial charge in [0.2, 0.25) is 0 Å². The monoisotopic (exact) mass is 728 g/mol. The van der Waals surface area contributed by atoms with Gasteiger partial charge in [-0.25, -0.2) is 0 Å². The average molecular weight is 730 g/mol. The molecule has 0 aliphatic rings. The summed E-state index contributed by atoms with van der Waals surface area (Å²) in [7, 11) is 0. The molecule has 0 N–H and O–H groups in total. The van der Waals surface area contributed by atoms with Crippen LogP contribution in [0.4, 0.5) is 52.7 Å². The first kappa shape index (κ1) is 36.0. The number of halogens is 12. The minimum absolute atomic E-state index is 0.713. The summed E-state index contributed by atoms with van der Waals surface area (Å²) in [5, 5.41) is 0. The van der Waals surface area contributed by atoms with E-state index in [1.54, 1.807) is 0 Å². The first-order chi connectivity index (χ1) is 20.4. The van der Waals surface area contributed by atoms with Gasteiger partial charge in [0.05, 0.1) is 0 Å². The van der Waals surface area contributed by atoms with E-state index < -0.39 is 151 Å². The summed E-state index contributed by atoms with van der Waals surface area (Å²) < 4.78 is 194. The van der Waals surface area contributed by atoms with Gasteiger partial charge < -0.3 is 0 Å². The fourth-order valence-corrected chi connectivity index (χ4v) is 8.64. The van der Waals surface area contributed by atoms with Crippen LogP contribution in [0.5, 0.6) is 0 Å². The average Bonchev–Trinajstić information content (AvgIpc) is 2.98. The van der Waals surface area contributed by atoms with Gasteiger partial charge in [0.1, 0.15) is 0 Å². The van der Waals surface area contributed by atoms with Gasteiger partial charge in [0, 0.05) is 0 Å². The van der Waals surface area contributed by atoms with Gasteiger partial charge in [-0.05, 0) is 0 Å². The van der Waals surface area contributed by atoms with Gasteiger partial charge in [0.15, 0.2) is 0 Å². The van der Waals surface area contributed by atoms with E-state index in [9.17, 15) is 52.7 Å². The number of rotatable bonds is 11. The number of hydrogen-bond donors (Lipinski definition) is 0. The number of benzene rings is 3. The summed E-state index contributed by atoms with van der Waals surface area (Å²) in [6.45, 7) is 0.119. The van der Waals surface area contributed by atoms with Gasteiger partial charge in [-0.2, -0.15) is 0 Å². The predicted molar refractivity (Wildman–Crippen MR) is 124 cm³/mol. The summed E-state index contributed by atoms with van der Waals surface area (Å²) >= 11 is -6.44. The van der Waals surface area contributed by atoms with E-state index in [1.807, 2.05) is 0 Å². The molecule has 0 aliphatic heterocycles. The Bertz CT molecular complexity index is 1330. The van der Waals surface area contributed by atoms with Crippen molar-refractivity contribution >= 4 is 0 Å². The summed E-state index contributed by atoms with van der Waals surface area (Å²) in [5.74, 6) is -22.7. The van der Waals surface area contributed by atoms with Crippen molar-refractivity contribution in [2.24, 2.45) is 0 Å². The molecular weight excluding hydrogens is 707 g/mol. The molecule has 4 nitrogen and oxygen atoms in total. The van der Waals surface area contributed by atoms with E-state index in [-0.39, 0.29) is 0 Å². The van der Waals surface area contributed by atoms with E-state index in [0.29, 0.717) is 20.8 Å². The molecule has 3 aromatic carbocycles. The van der Waals surface area contributed by atoms with Crippen molar-refractivity contribution < 1.29 is 86.0 Å². The van der Waals surface area contributed by atoms with Crippen molar-refractivity contribution in [3.8, 4) is 0 Å². The van der Waals surface area contributed by atoms with Crippen LogP contribution < -0.4 is 0 Å². The summed E-state index contributed by atoms with van der Waals surface area (Å²) in [6.07, 6.45) is -1.12. The molecule has 0 spiro atoms. The van der Waals surface area contributed by atoms with Crippen molar-refractivity contribution in [2.45, 2.75) is 60.5 Å². The SMILES string of the molecule is Cc1c(F)c(F)c(C[O][Zr]([O]Cc2c(F)c(F)c(C)c(F)c2F)([O]Cc2c(F)c(F)c(C)c(F)c2F)[O]C(C)C)c(F)c1F. The first-order valence-electron chi connectivity index (χ1n) is 12.4. The van der Waals surface area contributed by atoms with Crippen LogP contribution in [-0.2, 0) is 53.1 Å². The quantitative estimate of drug-likeness (QED) is 0.147. The molecule has 0 aliphatic carbocycles. The molecule has 44 heavy (non-hydrogen) atoms. The van der Waals surface area contributed by atoms with Crippen molar-refractivity contribution in [3.63, 3.8) is 0 Å². The molecule has 0 aromatic heterocycles.